The molecule has 3 heterocycles. The third kappa shape index (κ3) is 5.76. The molecule has 0 saturated carbocycles. The van der Waals surface area contributed by atoms with Crippen molar-refractivity contribution in [2.24, 2.45) is 0 Å². The molecule has 0 aliphatic rings. The lowest BCUT2D eigenvalue weighted by Gasteiger charge is -2.15. The first kappa shape index (κ1) is 31.0. The molecule has 0 saturated heterocycles. The number of fused-ring (bicyclic) bond motifs is 4. The minimum Gasteiger partial charge on any atom is -0.265 e. The first-order valence-corrected chi connectivity index (χ1v) is 18.6. The van der Waals surface area contributed by atoms with E-state index in [9.17, 15) is 0 Å². The van der Waals surface area contributed by atoms with E-state index < -0.39 is 0 Å². The topological polar surface area (TPSA) is 38.7 Å². The molecule has 0 fully saturated rings. The van der Waals surface area contributed by atoms with Crippen molar-refractivity contribution in [2.75, 3.05) is 0 Å². The lowest BCUT2D eigenvalue weighted by atomic mass is 9.91. The predicted molar refractivity (Wildman–Crippen MR) is 223 cm³/mol. The zero-order valence-corrected chi connectivity index (χ0v) is 29.5. The number of nitrogens with zero attached hydrogens (tertiary/aromatic N) is 3. The smallest absolute Gasteiger partial charge is 0.160 e. The fraction of sp³-hybridized carbons (Fsp3) is 0. The number of hydrogen-bond donors (Lipinski definition) is 0. The van der Waals surface area contributed by atoms with E-state index in [1.165, 1.54) is 42.1 Å². The van der Waals surface area contributed by atoms with Gasteiger partial charge in [-0.3, -0.25) is 4.98 Å². The molecule has 4 heteroatoms. The molecule has 0 aliphatic carbocycles. The van der Waals surface area contributed by atoms with Crippen molar-refractivity contribution < 1.29 is 0 Å². The van der Waals surface area contributed by atoms with E-state index >= 15 is 0 Å². The number of benzene rings is 7. The highest BCUT2D eigenvalue weighted by molar-refractivity contribution is 7.26. The molecule has 53 heavy (non-hydrogen) atoms. The predicted octanol–water partition coefficient (Wildman–Crippen LogP) is 13.4. The van der Waals surface area contributed by atoms with E-state index in [1.54, 1.807) is 0 Å². The Morgan fingerprint density at radius 3 is 1.77 bits per heavy atom. The average Bonchev–Trinajstić information content (AvgIpc) is 3.63. The van der Waals surface area contributed by atoms with Gasteiger partial charge in [-0.15, -0.1) is 11.3 Å². The summed E-state index contributed by atoms with van der Waals surface area (Å²) in [5.41, 5.74) is 11.8. The van der Waals surface area contributed by atoms with Gasteiger partial charge in [-0.05, 0) is 86.6 Å². The minimum absolute atomic E-state index is 0.694. The van der Waals surface area contributed by atoms with Gasteiger partial charge >= 0.3 is 0 Å². The zero-order valence-electron chi connectivity index (χ0n) is 28.6. The summed E-state index contributed by atoms with van der Waals surface area (Å²) in [6.45, 7) is 0. The Kier molecular flexibility index (Phi) is 7.67. The highest BCUT2D eigenvalue weighted by Gasteiger charge is 2.17. The number of aromatic nitrogens is 3. The maximum atomic E-state index is 5.28. The van der Waals surface area contributed by atoms with Gasteiger partial charge in [0.15, 0.2) is 5.82 Å². The van der Waals surface area contributed by atoms with Crippen LogP contribution in [0.4, 0.5) is 0 Å². The van der Waals surface area contributed by atoms with Crippen LogP contribution in [0.3, 0.4) is 0 Å². The fourth-order valence-corrected chi connectivity index (χ4v) is 8.61. The summed E-state index contributed by atoms with van der Waals surface area (Å²) < 4.78 is 2.58. The van der Waals surface area contributed by atoms with Gasteiger partial charge in [-0.2, -0.15) is 0 Å². The molecule has 0 amide bonds. The van der Waals surface area contributed by atoms with E-state index in [0.717, 1.165) is 50.3 Å². The van der Waals surface area contributed by atoms with E-state index in [2.05, 4.69) is 151 Å². The normalized spacial score (nSPS) is 11.4. The second-order valence-corrected chi connectivity index (χ2v) is 14.3. The molecule has 0 aliphatic heterocycles. The number of hydrogen-bond acceptors (Lipinski definition) is 4. The van der Waals surface area contributed by atoms with Gasteiger partial charge in [-0.25, -0.2) is 9.97 Å². The van der Waals surface area contributed by atoms with Crippen LogP contribution >= 0.6 is 11.3 Å². The van der Waals surface area contributed by atoms with Crippen LogP contribution in [0.5, 0.6) is 0 Å². The van der Waals surface area contributed by atoms with Gasteiger partial charge in [0.2, 0.25) is 0 Å². The summed E-state index contributed by atoms with van der Waals surface area (Å²) in [4.78, 5) is 14.6. The maximum absolute atomic E-state index is 5.28. The standard InChI is InChI=1S/C49H31N3S/c1-2-11-36(12-3-1)49-51-45(35-22-20-32(21-23-35)33-24-26-50-27-25-33)31-46(52-49)39-29-37(41-16-8-13-34-10-4-5-14-40(34)41)28-38(30-39)42-17-9-18-44-43-15-6-7-19-47(43)53-48(42)44/h1-31H. The van der Waals surface area contributed by atoms with Gasteiger partial charge in [0.05, 0.1) is 11.4 Å². The van der Waals surface area contributed by atoms with E-state index in [0.29, 0.717) is 5.82 Å². The molecule has 0 N–H and O–H groups in total. The maximum Gasteiger partial charge on any atom is 0.160 e. The van der Waals surface area contributed by atoms with Crippen molar-refractivity contribution in [1.82, 2.24) is 15.0 Å². The summed E-state index contributed by atoms with van der Waals surface area (Å²) in [6, 6.07) is 62.6. The molecule has 0 radical (unpaired) electrons. The van der Waals surface area contributed by atoms with Crippen molar-refractivity contribution >= 4 is 42.3 Å². The third-order valence-electron chi connectivity index (χ3n) is 10.00. The first-order valence-electron chi connectivity index (χ1n) is 17.7. The zero-order chi connectivity index (χ0) is 35.1. The average molecular weight is 694 g/mol. The largest absolute Gasteiger partial charge is 0.265 e. The summed E-state index contributed by atoms with van der Waals surface area (Å²) in [7, 11) is 0. The molecule has 0 bridgehead atoms. The highest BCUT2D eigenvalue weighted by Crippen LogP contribution is 2.43. The molecule has 3 aromatic heterocycles. The Bertz CT molecular complexity index is 2930. The van der Waals surface area contributed by atoms with Crippen molar-refractivity contribution in [3.8, 4) is 67.3 Å². The second-order valence-electron chi connectivity index (χ2n) is 13.2. The second kappa shape index (κ2) is 13.1. The highest BCUT2D eigenvalue weighted by atomic mass is 32.1. The first-order chi connectivity index (χ1) is 26.2. The van der Waals surface area contributed by atoms with Gasteiger partial charge in [0, 0.05) is 49.3 Å². The Hall–Kier alpha value is -6.75. The van der Waals surface area contributed by atoms with Crippen LogP contribution in [0.2, 0.25) is 0 Å². The van der Waals surface area contributed by atoms with Crippen molar-refractivity contribution in [1.29, 1.82) is 0 Å². The number of pyridine rings is 1. The quantitative estimate of drug-likeness (QED) is 0.174. The van der Waals surface area contributed by atoms with Crippen molar-refractivity contribution in [2.45, 2.75) is 0 Å². The Morgan fingerprint density at radius 1 is 0.358 bits per heavy atom. The van der Waals surface area contributed by atoms with E-state index in [1.807, 2.05) is 54.1 Å². The molecule has 7 aromatic carbocycles. The summed E-state index contributed by atoms with van der Waals surface area (Å²) in [5.74, 6) is 0.694. The van der Waals surface area contributed by atoms with Crippen LogP contribution < -0.4 is 0 Å². The summed E-state index contributed by atoms with van der Waals surface area (Å²) in [6.07, 6.45) is 3.65. The van der Waals surface area contributed by atoms with Crippen LogP contribution in [0.15, 0.2) is 188 Å². The van der Waals surface area contributed by atoms with Gasteiger partial charge in [-0.1, -0.05) is 133 Å². The number of rotatable bonds is 6. The van der Waals surface area contributed by atoms with Crippen molar-refractivity contribution in [3.63, 3.8) is 0 Å². The van der Waals surface area contributed by atoms with Crippen LogP contribution in [0.1, 0.15) is 0 Å². The van der Waals surface area contributed by atoms with Gasteiger partial charge < -0.3 is 0 Å². The number of thiophene rings is 1. The van der Waals surface area contributed by atoms with Crippen LogP contribution in [-0.4, -0.2) is 15.0 Å². The van der Waals surface area contributed by atoms with Crippen LogP contribution in [0, 0.1) is 0 Å². The van der Waals surface area contributed by atoms with Crippen molar-refractivity contribution in [3.05, 3.63) is 188 Å². The van der Waals surface area contributed by atoms with E-state index in [-0.39, 0.29) is 0 Å². The summed E-state index contributed by atoms with van der Waals surface area (Å²) >= 11 is 1.86. The van der Waals surface area contributed by atoms with Crippen LogP contribution in [0.25, 0.3) is 98.2 Å². The molecule has 0 unspecified atom stereocenters. The third-order valence-corrected chi connectivity index (χ3v) is 11.2. The summed E-state index contributed by atoms with van der Waals surface area (Å²) in [5, 5.41) is 5.02. The lowest BCUT2D eigenvalue weighted by Crippen LogP contribution is -1.97. The minimum atomic E-state index is 0.694. The van der Waals surface area contributed by atoms with Gasteiger partial charge in [0.25, 0.3) is 0 Å². The van der Waals surface area contributed by atoms with E-state index in [4.69, 9.17) is 9.97 Å². The Morgan fingerprint density at radius 2 is 0.943 bits per heavy atom. The molecule has 10 aromatic rings. The molecule has 10 rings (SSSR count). The Labute approximate surface area is 311 Å². The lowest BCUT2D eigenvalue weighted by molar-refractivity contribution is 1.18. The monoisotopic (exact) mass is 693 g/mol. The van der Waals surface area contributed by atoms with Crippen LogP contribution in [-0.2, 0) is 0 Å². The molecule has 3 nitrogen and oxygen atoms in total. The fourth-order valence-electron chi connectivity index (χ4n) is 7.38. The van der Waals surface area contributed by atoms with Gasteiger partial charge in [0.1, 0.15) is 0 Å². The SMILES string of the molecule is c1ccc(-c2nc(-c3ccc(-c4ccncc4)cc3)cc(-c3cc(-c4cccc5ccccc45)cc(-c4cccc5c4sc4ccccc45)c3)n2)cc1. The Balaban J connectivity index is 1.20. The molecule has 0 atom stereocenters. The molecule has 248 valence electrons. The molecular formula is C49H31N3S. The molecular weight excluding hydrogens is 663 g/mol. The molecule has 0 spiro atoms.